The standard InChI is InChI=1S/C16H22BrN3/c1-5-13-9-14(20(6-2)19-13)10-18-16-12(4)7-11(3)8-15(16)17/h7-9,18H,5-6,10H2,1-4H3. The quantitative estimate of drug-likeness (QED) is 0.874. The van der Waals surface area contributed by atoms with E-state index in [1.54, 1.807) is 0 Å². The van der Waals surface area contributed by atoms with Crippen LogP contribution in [-0.4, -0.2) is 9.78 Å². The predicted molar refractivity (Wildman–Crippen MR) is 88.2 cm³/mol. The number of hydrogen-bond donors (Lipinski definition) is 1. The second-order valence-electron chi connectivity index (χ2n) is 5.09. The molecule has 0 aliphatic carbocycles. The fourth-order valence-corrected chi connectivity index (χ4v) is 3.24. The SMILES string of the molecule is CCc1cc(CNc2c(C)cc(C)cc2Br)n(CC)n1. The molecule has 2 rings (SSSR count). The molecule has 108 valence electrons. The van der Waals surface area contributed by atoms with E-state index in [-0.39, 0.29) is 0 Å². The molecule has 3 nitrogen and oxygen atoms in total. The minimum Gasteiger partial charge on any atom is -0.378 e. The first-order valence-electron chi connectivity index (χ1n) is 7.11. The smallest absolute Gasteiger partial charge is 0.0625 e. The third-order valence-corrected chi connectivity index (χ3v) is 4.08. The Morgan fingerprint density at radius 1 is 1.20 bits per heavy atom. The summed E-state index contributed by atoms with van der Waals surface area (Å²) in [5, 5.41) is 8.11. The van der Waals surface area contributed by atoms with E-state index >= 15 is 0 Å². The molecule has 0 radical (unpaired) electrons. The summed E-state index contributed by atoms with van der Waals surface area (Å²) in [6, 6.07) is 6.53. The molecular weight excluding hydrogens is 314 g/mol. The lowest BCUT2D eigenvalue weighted by molar-refractivity contribution is 0.619. The van der Waals surface area contributed by atoms with Gasteiger partial charge in [-0.15, -0.1) is 0 Å². The number of hydrogen-bond acceptors (Lipinski definition) is 2. The van der Waals surface area contributed by atoms with E-state index < -0.39 is 0 Å². The molecule has 0 saturated heterocycles. The Bertz CT molecular complexity index is 579. The Hall–Kier alpha value is -1.29. The van der Waals surface area contributed by atoms with Crippen molar-refractivity contribution in [1.29, 1.82) is 0 Å². The molecule has 0 unspecified atom stereocenters. The topological polar surface area (TPSA) is 29.9 Å². The number of nitrogens with zero attached hydrogens (tertiary/aromatic N) is 2. The highest BCUT2D eigenvalue weighted by Crippen LogP contribution is 2.28. The summed E-state index contributed by atoms with van der Waals surface area (Å²) >= 11 is 3.64. The van der Waals surface area contributed by atoms with Gasteiger partial charge in [0.05, 0.1) is 23.6 Å². The van der Waals surface area contributed by atoms with Crippen molar-refractivity contribution in [3.05, 3.63) is 45.2 Å². The molecule has 0 aliphatic heterocycles. The van der Waals surface area contributed by atoms with Gasteiger partial charge in [0.1, 0.15) is 0 Å². The number of anilines is 1. The molecule has 4 heteroatoms. The largest absolute Gasteiger partial charge is 0.378 e. The number of aromatic nitrogens is 2. The van der Waals surface area contributed by atoms with Crippen LogP contribution in [0.4, 0.5) is 5.69 Å². The second-order valence-corrected chi connectivity index (χ2v) is 5.94. The molecule has 2 aromatic rings. The first-order chi connectivity index (χ1) is 9.55. The maximum Gasteiger partial charge on any atom is 0.0625 e. The van der Waals surface area contributed by atoms with E-state index in [0.29, 0.717) is 0 Å². The van der Waals surface area contributed by atoms with E-state index in [1.165, 1.54) is 16.8 Å². The third kappa shape index (κ3) is 3.23. The molecule has 0 amide bonds. The molecule has 0 fully saturated rings. The lowest BCUT2D eigenvalue weighted by Crippen LogP contribution is -2.09. The van der Waals surface area contributed by atoms with Crippen LogP contribution in [0.2, 0.25) is 0 Å². The number of rotatable bonds is 5. The van der Waals surface area contributed by atoms with Gasteiger partial charge in [-0.25, -0.2) is 0 Å². The van der Waals surface area contributed by atoms with Gasteiger partial charge in [-0.1, -0.05) is 13.0 Å². The van der Waals surface area contributed by atoms with Crippen molar-refractivity contribution in [3.8, 4) is 0 Å². The minimum absolute atomic E-state index is 0.795. The predicted octanol–water partition coefficient (Wildman–Crippen LogP) is 4.46. The molecule has 0 aliphatic rings. The summed E-state index contributed by atoms with van der Waals surface area (Å²) in [6.07, 6.45) is 0.979. The number of halogens is 1. The van der Waals surface area contributed by atoms with E-state index in [1.807, 2.05) is 0 Å². The van der Waals surface area contributed by atoms with Crippen molar-refractivity contribution in [3.63, 3.8) is 0 Å². The highest BCUT2D eigenvalue weighted by Gasteiger charge is 2.08. The summed E-state index contributed by atoms with van der Waals surface area (Å²) < 4.78 is 3.19. The monoisotopic (exact) mass is 335 g/mol. The van der Waals surface area contributed by atoms with Gasteiger partial charge in [0, 0.05) is 11.0 Å². The fourth-order valence-electron chi connectivity index (χ4n) is 2.42. The minimum atomic E-state index is 0.795. The molecule has 1 aromatic heterocycles. The van der Waals surface area contributed by atoms with Gasteiger partial charge < -0.3 is 5.32 Å². The molecule has 1 N–H and O–H groups in total. The molecule has 20 heavy (non-hydrogen) atoms. The summed E-state index contributed by atoms with van der Waals surface area (Å²) in [7, 11) is 0. The van der Waals surface area contributed by atoms with Gasteiger partial charge in [-0.3, -0.25) is 4.68 Å². The van der Waals surface area contributed by atoms with Gasteiger partial charge in [-0.2, -0.15) is 5.10 Å². The first kappa shape index (κ1) is 15.1. The zero-order valence-corrected chi connectivity index (χ0v) is 14.2. The van der Waals surface area contributed by atoms with Gasteiger partial charge in [0.2, 0.25) is 0 Å². The Morgan fingerprint density at radius 3 is 2.55 bits per heavy atom. The summed E-state index contributed by atoms with van der Waals surface area (Å²) in [6.45, 7) is 10.2. The lowest BCUT2D eigenvalue weighted by atomic mass is 10.1. The molecule has 0 bridgehead atoms. The molecular formula is C16H22BrN3. The van der Waals surface area contributed by atoms with Gasteiger partial charge in [0.25, 0.3) is 0 Å². The summed E-state index contributed by atoms with van der Waals surface area (Å²) in [5.74, 6) is 0. The van der Waals surface area contributed by atoms with Crippen LogP contribution in [0.25, 0.3) is 0 Å². The maximum absolute atomic E-state index is 4.58. The fraction of sp³-hybridized carbons (Fsp3) is 0.438. The maximum atomic E-state index is 4.58. The van der Waals surface area contributed by atoms with Gasteiger partial charge in [-0.05, 0) is 66.4 Å². The van der Waals surface area contributed by atoms with Crippen molar-refractivity contribution in [2.24, 2.45) is 0 Å². The van der Waals surface area contributed by atoms with E-state index in [4.69, 9.17) is 0 Å². The summed E-state index contributed by atoms with van der Waals surface area (Å²) in [4.78, 5) is 0. The lowest BCUT2D eigenvalue weighted by Gasteiger charge is -2.13. The van der Waals surface area contributed by atoms with Crippen molar-refractivity contribution in [1.82, 2.24) is 9.78 Å². The highest BCUT2D eigenvalue weighted by molar-refractivity contribution is 9.10. The molecule has 0 saturated carbocycles. The van der Waals surface area contributed by atoms with E-state index in [2.05, 4.69) is 76.9 Å². The van der Waals surface area contributed by atoms with Crippen LogP contribution in [0.1, 0.15) is 36.4 Å². The van der Waals surface area contributed by atoms with Crippen molar-refractivity contribution >= 4 is 21.6 Å². The normalized spacial score (nSPS) is 10.8. The zero-order chi connectivity index (χ0) is 14.7. The Morgan fingerprint density at radius 2 is 1.95 bits per heavy atom. The van der Waals surface area contributed by atoms with Crippen LogP contribution < -0.4 is 5.32 Å². The second kappa shape index (κ2) is 6.44. The van der Waals surface area contributed by atoms with E-state index in [0.717, 1.165) is 35.4 Å². The molecule has 1 aromatic carbocycles. The van der Waals surface area contributed by atoms with Crippen LogP contribution in [0.3, 0.4) is 0 Å². The van der Waals surface area contributed by atoms with Crippen molar-refractivity contribution < 1.29 is 0 Å². The Balaban J connectivity index is 2.18. The highest BCUT2D eigenvalue weighted by atomic mass is 79.9. The van der Waals surface area contributed by atoms with Crippen LogP contribution in [0.5, 0.6) is 0 Å². The van der Waals surface area contributed by atoms with E-state index in [9.17, 15) is 0 Å². The first-order valence-corrected chi connectivity index (χ1v) is 7.90. The summed E-state index contributed by atoms with van der Waals surface area (Å²) in [5.41, 5.74) is 6.08. The Labute approximate surface area is 129 Å². The average Bonchev–Trinajstić information content (AvgIpc) is 2.80. The Kier molecular flexibility index (Phi) is 4.86. The van der Waals surface area contributed by atoms with Gasteiger partial charge in [0.15, 0.2) is 0 Å². The van der Waals surface area contributed by atoms with Gasteiger partial charge >= 0.3 is 0 Å². The van der Waals surface area contributed by atoms with Crippen molar-refractivity contribution in [2.75, 3.05) is 5.32 Å². The molecule has 1 heterocycles. The third-order valence-electron chi connectivity index (χ3n) is 3.45. The van der Waals surface area contributed by atoms with Crippen LogP contribution in [0, 0.1) is 13.8 Å². The number of aryl methyl sites for hydroxylation is 4. The average molecular weight is 336 g/mol. The zero-order valence-electron chi connectivity index (χ0n) is 12.6. The van der Waals surface area contributed by atoms with Crippen LogP contribution in [-0.2, 0) is 19.5 Å². The van der Waals surface area contributed by atoms with Crippen LogP contribution >= 0.6 is 15.9 Å². The van der Waals surface area contributed by atoms with Crippen molar-refractivity contribution in [2.45, 2.75) is 47.2 Å². The molecule has 0 spiro atoms. The number of nitrogens with one attached hydrogen (secondary N) is 1. The molecule has 0 atom stereocenters. The number of benzene rings is 1. The van der Waals surface area contributed by atoms with Crippen LogP contribution in [0.15, 0.2) is 22.7 Å².